The number of hydrogen-bond acceptors (Lipinski definition) is 4. The fourth-order valence-electron chi connectivity index (χ4n) is 2.57. The average molecular weight is 251 g/mol. The summed E-state index contributed by atoms with van der Waals surface area (Å²) in [6, 6.07) is 1.36. The molecule has 6 nitrogen and oxygen atoms in total. The van der Waals surface area contributed by atoms with Crippen molar-refractivity contribution in [2.45, 2.75) is 44.1 Å². The molecule has 0 atom stereocenters. The van der Waals surface area contributed by atoms with Gasteiger partial charge < -0.3 is 15.4 Å². The van der Waals surface area contributed by atoms with Gasteiger partial charge in [-0.05, 0) is 12.8 Å². The second-order valence-corrected chi connectivity index (χ2v) is 4.83. The van der Waals surface area contributed by atoms with Crippen LogP contribution in [0.1, 0.15) is 38.5 Å². The smallest absolute Gasteiger partial charge is 0.305 e. The van der Waals surface area contributed by atoms with E-state index in [1.807, 2.05) is 0 Å². The molecule has 1 saturated carbocycles. The van der Waals surface area contributed by atoms with E-state index in [0.717, 1.165) is 32.1 Å². The van der Waals surface area contributed by atoms with Gasteiger partial charge in [0.2, 0.25) is 0 Å². The standard InChI is InChI=1S/C12H17N3O3/c16-10-6-9(13-8-14-10)15-12(7-11(17)18)4-2-1-3-5-12/h6,8H,1-5,7H2,(H,17,18)(H2,13,14,15,16). The normalized spacial score (nSPS) is 18.2. The van der Waals surface area contributed by atoms with E-state index in [1.54, 1.807) is 0 Å². The van der Waals surface area contributed by atoms with Crippen LogP contribution in [-0.2, 0) is 4.79 Å². The number of carboxylic acids is 1. The Bertz CT molecular complexity index is 477. The number of H-pyrrole nitrogens is 1. The molecule has 18 heavy (non-hydrogen) atoms. The fourth-order valence-corrected chi connectivity index (χ4v) is 2.57. The molecule has 6 heteroatoms. The van der Waals surface area contributed by atoms with Crippen molar-refractivity contribution in [1.82, 2.24) is 9.97 Å². The molecule has 1 aromatic rings. The van der Waals surface area contributed by atoms with Gasteiger partial charge in [0.25, 0.3) is 5.56 Å². The van der Waals surface area contributed by atoms with Gasteiger partial charge in [0.15, 0.2) is 0 Å². The summed E-state index contributed by atoms with van der Waals surface area (Å²) >= 11 is 0. The Balaban J connectivity index is 2.19. The number of carboxylic acid groups (broad SMARTS) is 1. The first-order valence-corrected chi connectivity index (χ1v) is 6.14. The maximum Gasteiger partial charge on any atom is 0.305 e. The van der Waals surface area contributed by atoms with Gasteiger partial charge in [-0.1, -0.05) is 19.3 Å². The van der Waals surface area contributed by atoms with Crippen LogP contribution >= 0.6 is 0 Å². The highest BCUT2D eigenvalue weighted by molar-refractivity contribution is 5.69. The predicted octanol–water partition coefficient (Wildman–Crippen LogP) is 1.36. The maximum absolute atomic E-state index is 11.2. The molecule has 3 N–H and O–H groups in total. The number of anilines is 1. The van der Waals surface area contributed by atoms with E-state index >= 15 is 0 Å². The molecule has 0 amide bonds. The zero-order chi connectivity index (χ0) is 13.0. The molecule has 0 radical (unpaired) electrons. The first-order chi connectivity index (χ1) is 8.60. The third-order valence-electron chi connectivity index (χ3n) is 3.37. The molecule has 0 bridgehead atoms. The summed E-state index contributed by atoms with van der Waals surface area (Å²) in [4.78, 5) is 28.7. The van der Waals surface area contributed by atoms with Crippen LogP contribution in [0, 0.1) is 0 Å². The lowest BCUT2D eigenvalue weighted by molar-refractivity contribution is -0.138. The summed E-state index contributed by atoms with van der Waals surface area (Å²) < 4.78 is 0. The summed E-state index contributed by atoms with van der Waals surface area (Å²) in [6.07, 6.45) is 6.11. The predicted molar refractivity (Wildman–Crippen MR) is 66.5 cm³/mol. The molecule has 98 valence electrons. The van der Waals surface area contributed by atoms with Crippen molar-refractivity contribution in [3.05, 3.63) is 22.7 Å². The number of carbonyl (C=O) groups is 1. The fraction of sp³-hybridized carbons (Fsp3) is 0.583. The lowest BCUT2D eigenvalue weighted by atomic mass is 9.79. The number of nitrogens with zero attached hydrogens (tertiary/aromatic N) is 1. The second kappa shape index (κ2) is 5.20. The highest BCUT2D eigenvalue weighted by Crippen LogP contribution is 2.33. The van der Waals surface area contributed by atoms with Crippen LogP contribution in [0.5, 0.6) is 0 Å². The van der Waals surface area contributed by atoms with Crippen molar-refractivity contribution in [1.29, 1.82) is 0 Å². The third kappa shape index (κ3) is 3.09. The Morgan fingerprint density at radius 1 is 1.44 bits per heavy atom. The minimum atomic E-state index is -0.825. The molecule has 1 aromatic heterocycles. The minimum Gasteiger partial charge on any atom is -0.481 e. The molecule has 0 saturated heterocycles. The number of aromatic nitrogens is 2. The van der Waals surface area contributed by atoms with E-state index in [1.165, 1.54) is 12.4 Å². The summed E-state index contributed by atoms with van der Waals surface area (Å²) in [5.74, 6) is -0.379. The van der Waals surface area contributed by atoms with Crippen molar-refractivity contribution in [3.63, 3.8) is 0 Å². The van der Waals surface area contributed by atoms with Gasteiger partial charge in [-0.2, -0.15) is 0 Å². The zero-order valence-electron chi connectivity index (χ0n) is 10.1. The lowest BCUT2D eigenvalue weighted by Gasteiger charge is -2.37. The summed E-state index contributed by atoms with van der Waals surface area (Å²) in [6.45, 7) is 0. The topological polar surface area (TPSA) is 95.1 Å². The molecule has 0 unspecified atom stereocenters. The Morgan fingerprint density at radius 3 is 2.78 bits per heavy atom. The van der Waals surface area contributed by atoms with Gasteiger partial charge in [-0.3, -0.25) is 9.59 Å². The highest BCUT2D eigenvalue weighted by atomic mass is 16.4. The van der Waals surface area contributed by atoms with Crippen molar-refractivity contribution in [3.8, 4) is 0 Å². The van der Waals surface area contributed by atoms with Crippen LogP contribution in [0.2, 0.25) is 0 Å². The van der Waals surface area contributed by atoms with Crippen molar-refractivity contribution in [2.24, 2.45) is 0 Å². The van der Waals surface area contributed by atoms with Crippen LogP contribution in [0.15, 0.2) is 17.2 Å². The summed E-state index contributed by atoms with van der Waals surface area (Å²) in [5.41, 5.74) is -0.709. The van der Waals surface area contributed by atoms with Crippen molar-refractivity contribution in [2.75, 3.05) is 5.32 Å². The highest BCUT2D eigenvalue weighted by Gasteiger charge is 2.34. The summed E-state index contributed by atoms with van der Waals surface area (Å²) in [5, 5.41) is 12.2. The van der Waals surface area contributed by atoms with E-state index < -0.39 is 11.5 Å². The third-order valence-corrected chi connectivity index (χ3v) is 3.37. The van der Waals surface area contributed by atoms with Crippen LogP contribution in [-0.4, -0.2) is 26.6 Å². The molecular weight excluding hydrogens is 234 g/mol. The monoisotopic (exact) mass is 251 g/mol. The average Bonchev–Trinajstić information content (AvgIpc) is 2.28. The van der Waals surface area contributed by atoms with E-state index in [4.69, 9.17) is 5.11 Å². The molecule has 0 aliphatic heterocycles. The van der Waals surface area contributed by atoms with Crippen LogP contribution in [0.25, 0.3) is 0 Å². The van der Waals surface area contributed by atoms with Gasteiger partial charge in [0.1, 0.15) is 5.82 Å². The number of aromatic amines is 1. The molecule has 1 heterocycles. The second-order valence-electron chi connectivity index (χ2n) is 4.83. The van der Waals surface area contributed by atoms with E-state index in [2.05, 4.69) is 15.3 Å². The van der Waals surface area contributed by atoms with Gasteiger partial charge in [-0.15, -0.1) is 0 Å². The molecule has 0 aromatic carbocycles. The maximum atomic E-state index is 11.2. The first-order valence-electron chi connectivity index (χ1n) is 6.14. The summed E-state index contributed by atoms with van der Waals surface area (Å²) in [7, 11) is 0. The largest absolute Gasteiger partial charge is 0.481 e. The molecule has 1 aliphatic carbocycles. The molecule has 1 fully saturated rings. The number of nitrogens with one attached hydrogen (secondary N) is 2. The number of hydrogen-bond donors (Lipinski definition) is 3. The van der Waals surface area contributed by atoms with Crippen molar-refractivity contribution < 1.29 is 9.90 Å². The van der Waals surface area contributed by atoms with E-state index in [9.17, 15) is 9.59 Å². The molecule has 0 spiro atoms. The Hall–Kier alpha value is -1.85. The van der Waals surface area contributed by atoms with Crippen LogP contribution < -0.4 is 10.9 Å². The van der Waals surface area contributed by atoms with Gasteiger partial charge in [0, 0.05) is 11.6 Å². The zero-order valence-corrected chi connectivity index (χ0v) is 10.1. The molecule has 2 rings (SSSR count). The van der Waals surface area contributed by atoms with Crippen molar-refractivity contribution >= 4 is 11.8 Å². The number of rotatable bonds is 4. The van der Waals surface area contributed by atoms with E-state index in [0.29, 0.717) is 5.82 Å². The lowest BCUT2D eigenvalue weighted by Crippen LogP contribution is -2.42. The van der Waals surface area contributed by atoms with Crippen LogP contribution in [0.4, 0.5) is 5.82 Å². The van der Waals surface area contributed by atoms with Gasteiger partial charge in [-0.25, -0.2) is 4.98 Å². The Labute approximate surface area is 104 Å². The molecular formula is C12H17N3O3. The van der Waals surface area contributed by atoms with Crippen LogP contribution in [0.3, 0.4) is 0 Å². The van der Waals surface area contributed by atoms with Gasteiger partial charge >= 0.3 is 5.97 Å². The van der Waals surface area contributed by atoms with Gasteiger partial charge in [0.05, 0.1) is 12.7 Å². The SMILES string of the molecule is O=C(O)CC1(Nc2cc(=O)[nH]cn2)CCCCC1. The molecule has 1 aliphatic rings. The first kappa shape index (κ1) is 12.6. The Kier molecular flexibility index (Phi) is 3.64. The Morgan fingerprint density at radius 2 is 2.17 bits per heavy atom. The number of aliphatic carboxylic acids is 1. The quantitative estimate of drug-likeness (QED) is 0.751. The minimum absolute atomic E-state index is 0.0570. The van der Waals surface area contributed by atoms with E-state index in [-0.39, 0.29) is 12.0 Å².